The number of aromatic nitrogens is 2. The summed E-state index contributed by atoms with van der Waals surface area (Å²) in [6.07, 6.45) is 4.34. The van der Waals surface area contributed by atoms with Crippen LogP contribution in [0.2, 0.25) is 0 Å². The van der Waals surface area contributed by atoms with Crippen molar-refractivity contribution in [3.63, 3.8) is 0 Å². The van der Waals surface area contributed by atoms with E-state index >= 15 is 0 Å². The van der Waals surface area contributed by atoms with E-state index < -0.39 is 0 Å². The summed E-state index contributed by atoms with van der Waals surface area (Å²) < 4.78 is 0. The molecule has 0 aromatic carbocycles. The maximum absolute atomic E-state index is 11.5. The van der Waals surface area contributed by atoms with Crippen LogP contribution in [0.3, 0.4) is 0 Å². The van der Waals surface area contributed by atoms with Gasteiger partial charge in [0, 0.05) is 31.2 Å². The number of anilines is 2. The van der Waals surface area contributed by atoms with Gasteiger partial charge in [-0.3, -0.25) is 4.79 Å². The van der Waals surface area contributed by atoms with E-state index in [9.17, 15) is 4.79 Å². The molecular weight excluding hydrogens is 218 g/mol. The summed E-state index contributed by atoms with van der Waals surface area (Å²) in [5, 5.41) is 2.94. The van der Waals surface area contributed by atoms with Crippen LogP contribution in [0.1, 0.15) is 19.3 Å². The lowest BCUT2D eigenvalue weighted by molar-refractivity contribution is -0.121. The van der Waals surface area contributed by atoms with Crippen molar-refractivity contribution in [2.24, 2.45) is 0 Å². The number of nitrogens with one attached hydrogen (secondary N) is 1. The van der Waals surface area contributed by atoms with Crippen molar-refractivity contribution in [2.75, 3.05) is 17.2 Å². The minimum Gasteiger partial charge on any atom is -0.368 e. The van der Waals surface area contributed by atoms with Crippen LogP contribution in [0.15, 0.2) is 12.3 Å². The lowest BCUT2D eigenvalue weighted by Crippen LogP contribution is -2.38. The summed E-state index contributed by atoms with van der Waals surface area (Å²) in [5.74, 6) is 1.25. The van der Waals surface area contributed by atoms with Crippen LogP contribution < -0.4 is 16.0 Å². The van der Waals surface area contributed by atoms with Crippen LogP contribution in [-0.4, -0.2) is 34.5 Å². The summed E-state index contributed by atoms with van der Waals surface area (Å²) >= 11 is 0. The van der Waals surface area contributed by atoms with E-state index in [0.717, 1.165) is 18.7 Å². The van der Waals surface area contributed by atoms with Gasteiger partial charge in [-0.25, -0.2) is 4.98 Å². The predicted molar refractivity (Wildman–Crippen MR) is 63.4 cm³/mol. The van der Waals surface area contributed by atoms with E-state index in [0.29, 0.717) is 19.0 Å². The highest BCUT2D eigenvalue weighted by Gasteiger charge is 2.38. The Morgan fingerprint density at radius 2 is 2.24 bits per heavy atom. The van der Waals surface area contributed by atoms with Crippen molar-refractivity contribution < 1.29 is 4.79 Å². The Hall–Kier alpha value is -1.85. The zero-order valence-electron chi connectivity index (χ0n) is 9.47. The van der Waals surface area contributed by atoms with Crippen LogP contribution in [0, 0.1) is 0 Å². The molecule has 3 heterocycles. The van der Waals surface area contributed by atoms with E-state index in [1.54, 1.807) is 6.20 Å². The molecule has 90 valence electrons. The number of carbonyl (C=O) groups excluding carboxylic acids is 1. The number of hydrogen-bond donors (Lipinski definition) is 2. The van der Waals surface area contributed by atoms with Crippen molar-refractivity contribution >= 4 is 17.7 Å². The maximum Gasteiger partial charge on any atom is 0.222 e. The van der Waals surface area contributed by atoms with Gasteiger partial charge in [0.15, 0.2) is 0 Å². The molecule has 0 radical (unpaired) electrons. The van der Waals surface area contributed by atoms with E-state index in [1.807, 2.05) is 6.07 Å². The standard InChI is InChI=1S/C11H15N5O/c12-11-13-4-3-9(15-11)16-7-1-2-8(16)6-14-10(17)5-7/h3-4,7-8H,1-2,5-6H2,(H,14,17)(H2,12,13,15)/t7-,8+/m0/s1. The number of nitrogens with zero attached hydrogens (tertiary/aromatic N) is 3. The van der Waals surface area contributed by atoms with Gasteiger partial charge in [0.2, 0.25) is 11.9 Å². The average molecular weight is 233 g/mol. The topological polar surface area (TPSA) is 84.1 Å². The predicted octanol–water partition coefficient (Wildman–Crippen LogP) is -0.0839. The highest BCUT2D eigenvalue weighted by atomic mass is 16.1. The Balaban J connectivity index is 1.94. The van der Waals surface area contributed by atoms with E-state index in [4.69, 9.17) is 5.73 Å². The van der Waals surface area contributed by atoms with Crippen molar-refractivity contribution in [3.05, 3.63) is 12.3 Å². The van der Waals surface area contributed by atoms with Crippen LogP contribution >= 0.6 is 0 Å². The van der Waals surface area contributed by atoms with Crippen LogP contribution in [0.5, 0.6) is 0 Å². The van der Waals surface area contributed by atoms with Gasteiger partial charge in [0.05, 0.1) is 0 Å². The Morgan fingerprint density at radius 3 is 3.06 bits per heavy atom. The molecule has 2 atom stereocenters. The highest BCUT2D eigenvalue weighted by molar-refractivity contribution is 5.78. The number of nitrogens with two attached hydrogens (primary N) is 1. The van der Waals surface area contributed by atoms with E-state index in [-0.39, 0.29) is 17.9 Å². The van der Waals surface area contributed by atoms with Crippen LogP contribution in [0.4, 0.5) is 11.8 Å². The third-order valence-electron chi connectivity index (χ3n) is 3.50. The quantitative estimate of drug-likeness (QED) is 0.708. The molecule has 1 amide bonds. The molecule has 17 heavy (non-hydrogen) atoms. The number of rotatable bonds is 1. The Morgan fingerprint density at radius 1 is 1.41 bits per heavy atom. The van der Waals surface area contributed by atoms with Crippen molar-refractivity contribution in [3.8, 4) is 0 Å². The summed E-state index contributed by atoms with van der Waals surface area (Å²) in [4.78, 5) is 21.9. The molecule has 2 aliphatic rings. The van der Waals surface area contributed by atoms with Gasteiger partial charge >= 0.3 is 0 Å². The fourth-order valence-corrected chi connectivity index (χ4v) is 2.76. The minimum absolute atomic E-state index is 0.129. The van der Waals surface area contributed by atoms with Crippen molar-refractivity contribution in [1.82, 2.24) is 15.3 Å². The fourth-order valence-electron chi connectivity index (χ4n) is 2.76. The lowest BCUT2D eigenvalue weighted by Gasteiger charge is -2.28. The largest absolute Gasteiger partial charge is 0.368 e. The minimum atomic E-state index is 0.129. The van der Waals surface area contributed by atoms with Gasteiger partial charge in [-0.15, -0.1) is 0 Å². The van der Waals surface area contributed by atoms with Crippen molar-refractivity contribution in [2.45, 2.75) is 31.3 Å². The number of amides is 1. The molecule has 0 aliphatic carbocycles. The first-order valence-electron chi connectivity index (χ1n) is 5.87. The number of nitrogen functional groups attached to an aromatic ring is 1. The molecule has 6 nitrogen and oxygen atoms in total. The fraction of sp³-hybridized carbons (Fsp3) is 0.545. The Labute approximate surface area is 99.2 Å². The lowest BCUT2D eigenvalue weighted by atomic mass is 10.1. The molecule has 2 aliphatic heterocycles. The van der Waals surface area contributed by atoms with Crippen LogP contribution in [-0.2, 0) is 4.79 Å². The van der Waals surface area contributed by atoms with E-state index in [1.165, 1.54) is 0 Å². The third kappa shape index (κ3) is 1.79. The van der Waals surface area contributed by atoms with Gasteiger partial charge in [-0.2, -0.15) is 4.98 Å². The first-order chi connectivity index (χ1) is 8.24. The van der Waals surface area contributed by atoms with E-state index in [2.05, 4.69) is 20.2 Å². The molecule has 3 rings (SSSR count). The first-order valence-corrected chi connectivity index (χ1v) is 5.87. The number of hydrogen-bond acceptors (Lipinski definition) is 5. The number of carbonyl (C=O) groups is 1. The second-order valence-corrected chi connectivity index (χ2v) is 4.57. The Kier molecular flexibility index (Phi) is 2.35. The monoisotopic (exact) mass is 233 g/mol. The summed E-state index contributed by atoms with van der Waals surface area (Å²) in [6.45, 7) is 0.694. The highest BCUT2D eigenvalue weighted by Crippen LogP contribution is 2.32. The molecule has 0 unspecified atom stereocenters. The van der Waals surface area contributed by atoms with Crippen LogP contribution in [0.25, 0.3) is 0 Å². The normalized spacial score (nSPS) is 27.8. The molecule has 0 saturated carbocycles. The van der Waals surface area contributed by atoms with Gasteiger partial charge in [0.1, 0.15) is 5.82 Å². The summed E-state index contributed by atoms with van der Waals surface area (Å²) in [5.41, 5.74) is 5.61. The molecule has 1 aromatic heterocycles. The molecule has 2 saturated heterocycles. The second-order valence-electron chi connectivity index (χ2n) is 4.57. The second kappa shape index (κ2) is 3.87. The Bertz CT molecular complexity index is 449. The zero-order valence-corrected chi connectivity index (χ0v) is 9.47. The van der Waals surface area contributed by atoms with Gasteiger partial charge in [0.25, 0.3) is 0 Å². The molecule has 0 spiro atoms. The molecule has 2 bridgehead atoms. The maximum atomic E-state index is 11.5. The smallest absolute Gasteiger partial charge is 0.222 e. The van der Waals surface area contributed by atoms with Crippen molar-refractivity contribution in [1.29, 1.82) is 0 Å². The van der Waals surface area contributed by atoms with Gasteiger partial charge in [-0.05, 0) is 18.9 Å². The molecule has 2 fully saturated rings. The first kappa shape index (κ1) is 10.3. The summed E-state index contributed by atoms with van der Waals surface area (Å²) in [6, 6.07) is 2.44. The zero-order chi connectivity index (χ0) is 11.8. The molecule has 3 N–H and O–H groups in total. The molecule has 1 aromatic rings. The SMILES string of the molecule is Nc1nccc(N2[C@@H]3CC[C@H]2CC(=O)NC3)n1. The van der Waals surface area contributed by atoms with Gasteiger partial charge < -0.3 is 16.0 Å². The average Bonchev–Trinajstić information content (AvgIpc) is 2.60. The third-order valence-corrected chi connectivity index (χ3v) is 3.50. The summed E-state index contributed by atoms with van der Waals surface area (Å²) in [7, 11) is 0. The van der Waals surface area contributed by atoms with Gasteiger partial charge in [-0.1, -0.05) is 0 Å². The number of fused-ring (bicyclic) bond motifs is 2. The molecule has 6 heteroatoms. The molecular formula is C11H15N5O.